The van der Waals surface area contributed by atoms with E-state index in [1.807, 2.05) is 65.4 Å². The minimum absolute atomic E-state index is 0.0849. The Morgan fingerprint density at radius 3 is 2.59 bits per heavy atom. The Morgan fingerprint density at radius 1 is 1.03 bits per heavy atom. The number of rotatable bonds is 8. The van der Waals surface area contributed by atoms with Gasteiger partial charge in [0.1, 0.15) is 12.3 Å². The predicted octanol–water partition coefficient (Wildman–Crippen LogP) is 4.12. The molecule has 0 aliphatic rings. The molecule has 0 bridgehead atoms. The van der Waals surface area contributed by atoms with Crippen molar-refractivity contribution < 1.29 is 14.7 Å². The Balaban J connectivity index is 1.41. The number of hydrazone groups is 1. The van der Waals surface area contributed by atoms with E-state index < -0.39 is 5.91 Å². The molecule has 0 atom stereocenters. The molecule has 0 aliphatic carbocycles. The maximum Gasteiger partial charge on any atom is 0.271 e. The summed E-state index contributed by atoms with van der Waals surface area (Å²) in [6.45, 7) is 0.727. The van der Waals surface area contributed by atoms with Gasteiger partial charge in [0.15, 0.2) is 0 Å². The van der Waals surface area contributed by atoms with Crippen LogP contribution in [0.25, 0.3) is 10.9 Å². The smallest absolute Gasteiger partial charge is 0.271 e. The number of carbonyl (C=O) groups is 2. The molecule has 172 valence electrons. The number of halogens is 1. The molecule has 3 N–H and O–H groups in total. The second-order valence-corrected chi connectivity index (χ2v) is 8.09. The first kappa shape index (κ1) is 23.1. The van der Waals surface area contributed by atoms with Crippen LogP contribution in [0.2, 0.25) is 5.02 Å². The quantitative estimate of drug-likeness (QED) is 0.265. The van der Waals surface area contributed by atoms with Gasteiger partial charge in [0.25, 0.3) is 5.91 Å². The molecule has 0 aliphatic heterocycles. The number of nitrogens with zero attached hydrogens (tertiary/aromatic N) is 2. The van der Waals surface area contributed by atoms with Gasteiger partial charge >= 0.3 is 0 Å². The Morgan fingerprint density at radius 2 is 1.79 bits per heavy atom. The summed E-state index contributed by atoms with van der Waals surface area (Å²) in [5.74, 6) is -0.643. The fourth-order valence-electron chi connectivity index (χ4n) is 3.58. The summed E-state index contributed by atoms with van der Waals surface area (Å²) in [5.41, 5.74) is 5.55. The van der Waals surface area contributed by atoms with Crippen molar-refractivity contribution in [3.05, 3.63) is 101 Å². The van der Waals surface area contributed by atoms with Gasteiger partial charge in [-0.2, -0.15) is 5.10 Å². The van der Waals surface area contributed by atoms with E-state index in [1.165, 1.54) is 30.0 Å². The SMILES string of the molecule is O=C(Cn1cc(C=NNC(=O)c2ccc(O)c(Cl)c2)c2ccccc21)NCCc1ccccc1. The van der Waals surface area contributed by atoms with E-state index in [2.05, 4.69) is 15.8 Å². The Hall–Kier alpha value is -4.10. The lowest BCUT2D eigenvalue weighted by atomic mass is 10.1. The number of fused-ring (bicyclic) bond motifs is 1. The van der Waals surface area contributed by atoms with Crippen LogP contribution in [0.15, 0.2) is 84.1 Å². The molecule has 8 heteroatoms. The lowest BCUT2D eigenvalue weighted by Crippen LogP contribution is -2.29. The predicted molar refractivity (Wildman–Crippen MR) is 133 cm³/mol. The molecule has 0 fully saturated rings. The monoisotopic (exact) mass is 474 g/mol. The second-order valence-electron chi connectivity index (χ2n) is 7.68. The van der Waals surface area contributed by atoms with Crippen LogP contribution in [0.4, 0.5) is 0 Å². The van der Waals surface area contributed by atoms with Crippen LogP contribution in [-0.4, -0.2) is 34.2 Å². The molecule has 34 heavy (non-hydrogen) atoms. The summed E-state index contributed by atoms with van der Waals surface area (Å²) in [7, 11) is 0. The first-order chi connectivity index (χ1) is 16.5. The van der Waals surface area contributed by atoms with Gasteiger partial charge in [0.05, 0.1) is 11.2 Å². The van der Waals surface area contributed by atoms with Crippen LogP contribution in [0.5, 0.6) is 5.75 Å². The number of para-hydroxylation sites is 1. The highest BCUT2D eigenvalue weighted by Crippen LogP contribution is 2.23. The van der Waals surface area contributed by atoms with Gasteiger partial charge in [0, 0.05) is 34.8 Å². The van der Waals surface area contributed by atoms with Crippen LogP contribution in [-0.2, 0) is 17.8 Å². The minimum atomic E-state index is -0.459. The number of phenolic OH excluding ortho intramolecular Hbond substituents is 1. The number of benzene rings is 3. The average Bonchev–Trinajstić information content (AvgIpc) is 3.18. The number of carbonyl (C=O) groups excluding carboxylic acids is 2. The molecule has 4 rings (SSSR count). The molecular weight excluding hydrogens is 452 g/mol. The largest absolute Gasteiger partial charge is 0.506 e. The molecule has 0 radical (unpaired) electrons. The third-order valence-electron chi connectivity index (χ3n) is 5.29. The van der Waals surface area contributed by atoms with E-state index in [9.17, 15) is 14.7 Å². The number of aromatic nitrogens is 1. The molecule has 1 aromatic heterocycles. The number of phenols is 1. The fraction of sp³-hybridized carbons (Fsp3) is 0.115. The van der Waals surface area contributed by atoms with E-state index in [1.54, 1.807) is 0 Å². The van der Waals surface area contributed by atoms with Crippen LogP contribution in [0, 0.1) is 0 Å². The summed E-state index contributed by atoms with van der Waals surface area (Å²) in [6, 6.07) is 21.8. The molecule has 2 amide bonds. The molecule has 7 nitrogen and oxygen atoms in total. The Bertz CT molecular complexity index is 1350. The summed E-state index contributed by atoms with van der Waals surface area (Å²) in [5, 5.41) is 17.5. The van der Waals surface area contributed by atoms with Crippen molar-refractivity contribution in [2.75, 3.05) is 6.54 Å². The Labute approximate surface area is 201 Å². The van der Waals surface area contributed by atoms with Crippen molar-refractivity contribution in [1.29, 1.82) is 0 Å². The second kappa shape index (κ2) is 10.7. The average molecular weight is 475 g/mol. The van der Waals surface area contributed by atoms with E-state index in [4.69, 9.17) is 11.6 Å². The zero-order chi connectivity index (χ0) is 23.9. The van der Waals surface area contributed by atoms with Gasteiger partial charge in [-0.1, -0.05) is 60.1 Å². The molecule has 4 aromatic rings. The molecule has 0 saturated heterocycles. The van der Waals surface area contributed by atoms with Crippen molar-refractivity contribution >= 4 is 40.5 Å². The number of aromatic hydroxyl groups is 1. The zero-order valence-corrected chi connectivity index (χ0v) is 19.0. The maximum atomic E-state index is 12.5. The van der Waals surface area contributed by atoms with Gasteiger partial charge in [-0.05, 0) is 36.2 Å². The third kappa shape index (κ3) is 5.63. The topological polar surface area (TPSA) is 95.7 Å². The molecular formula is C26H23ClN4O3. The molecule has 1 heterocycles. The van der Waals surface area contributed by atoms with Crippen molar-refractivity contribution in [2.45, 2.75) is 13.0 Å². The van der Waals surface area contributed by atoms with E-state index >= 15 is 0 Å². The van der Waals surface area contributed by atoms with E-state index in [0.29, 0.717) is 6.54 Å². The number of nitrogens with one attached hydrogen (secondary N) is 2. The highest BCUT2D eigenvalue weighted by molar-refractivity contribution is 6.32. The lowest BCUT2D eigenvalue weighted by molar-refractivity contribution is -0.121. The standard InChI is InChI=1S/C26H23ClN4O3/c27-22-14-19(10-11-24(22)32)26(34)30-29-15-20-16-31(23-9-5-4-8-21(20)23)17-25(33)28-13-12-18-6-2-1-3-7-18/h1-11,14-16,32H,12-13,17H2,(H,28,33)(H,30,34). The third-order valence-corrected chi connectivity index (χ3v) is 5.59. The summed E-state index contributed by atoms with van der Waals surface area (Å²) >= 11 is 5.86. The van der Waals surface area contributed by atoms with Crippen LogP contribution in [0.3, 0.4) is 0 Å². The van der Waals surface area contributed by atoms with Gasteiger partial charge in [-0.15, -0.1) is 0 Å². The lowest BCUT2D eigenvalue weighted by Gasteiger charge is -2.07. The number of hydrogen-bond donors (Lipinski definition) is 3. The molecule has 0 saturated carbocycles. The van der Waals surface area contributed by atoms with Crippen LogP contribution < -0.4 is 10.7 Å². The molecule has 3 aromatic carbocycles. The first-order valence-corrected chi connectivity index (χ1v) is 11.1. The number of amides is 2. The highest BCUT2D eigenvalue weighted by atomic mass is 35.5. The van der Waals surface area contributed by atoms with E-state index in [-0.39, 0.29) is 28.8 Å². The van der Waals surface area contributed by atoms with Gasteiger partial charge in [-0.3, -0.25) is 9.59 Å². The van der Waals surface area contributed by atoms with Crippen molar-refractivity contribution in [2.24, 2.45) is 5.10 Å². The van der Waals surface area contributed by atoms with Crippen LogP contribution >= 0.6 is 11.6 Å². The summed E-state index contributed by atoms with van der Waals surface area (Å²) in [6.07, 6.45) is 4.13. The van der Waals surface area contributed by atoms with Gasteiger partial charge in [0.2, 0.25) is 5.91 Å². The zero-order valence-electron chi connectivity index (χ0n) is 18.2. The van der Waals surface area contributed by atoms with Gasteiger partial charge < -0.3 is 15.0 Å². The first-order valence-electron chi connectivity index (χ1n) is 10.7. The normalized spacial score (nSPS) is 11.1. The minimum Gasteiger partial charge on any atom is -0.506 e. The summed E-state index contributed by atoms with van der Waals surface area (Å²) < 4.78 is 1.86. The van der Waals surface area contributed by atoms with Crippen molar-refractivity contribution in [3.63, 3.8) is 0 Å². The van der Waals surface area contributed by atoms with Gasteiger partial charge in [-0.25, -0.2) is 5.43 Å². The van der Waals surface area contributed by atoms with Crippen LogP contribution in [0.1, 0.15) is 21.5 Å². The fourth-order valence-corrected chi connectivity index (χ4v) is 3.76. The number of hydrogen-bond acceptors (Lipinski definition) is 4. The molecule has 0 spiro atoms. The maximum absolute atomic E-state index is 12.5. The molecule has 0 unspecified atom stereocenters. The van der Waals surface area contributed by atoms with Crippen molar-refractivity contribution in [1.82, 2.24) is 15.3 Å². The van der Waals surface area contributed by atoms with Crippen molar-refractivity contribution in [3.8, 4) is 5.75 Å². The van der Waals surface area contributed by atoms with E-state index in [0.717, 1.165) is 22.9 Å². The summed E-state index contributed by atoms with van der Waals surface area (Å²) in [4.78, 5) is 24.8. The Kier molecular flexibility index (Phi) is 7.25. The highest BCUT2D eigenvalue weighted by Gasteiger charge is 2.11.